The molecule has 0 saturated carbocycles. The van der Waals surface area contributed by atoms with E-state index < -0.39 is 6.18 Å². The third-order valence-corrected chi connectivity index (χ3v) is 4.11. The highest BCUT2D eigenvalue weighted by atomic mass is 19.4. The topological polar surface area (TPSA) is 24.5 Å². The Morgan fingerprint density at radius 2 is 2.10 bits per heavy atom. The zero-order chi connectivity index (χ0) is 15.3. The van der Waals surface area contributed by atoms with Crippen LogP contribution in [0.4, 0.5) is 13.2 Å². The SMILES string of the molecule is CCCNCC1CCC(CN2CC=C(C(F)(F)F)CC2)O1. The molecule has 3 nitrogen and oxygen atoms in total. The lowest BCUT2D eigenvalue weighted by Gasteiger charge is -2.29. The first-order chi connectivity index (χ1) is 9.99. The van der Waals surface area contributed by atoms with Crippen LogP contribution < -0.4 is 5.32 Å². The molecule has 0 spiro atoms. The summed E-state index contributed by atoms with van der Waals surface area (Å²) in [7, 11) is 0. The predicted molar refractivity (Wildman–Crippen MR) is 76.3 cm³/mol. The lowest BCUT2D eigenvalue weighted by molar-refractivity contribution is -0.0963. The molecule has 0 aromatic heterocycles. The molecule has 6 heteroatoms. The molecule has 0 amide bonds. The van der Waals surface area contributed by atoms with Crippen LogP contribution in [0.25, 0.3) is 0 Å². The monoisotopic (exact) mass is 306 g/mol. The second-order valence-corrected chi connectivity index (χ2v) is 5.90. The molecule has 0 bridgehead atoms. The van der Waals surface area contributed by atoms with Crippen LogP contribution >= 0.6 is 0 Å². The van der Waals surface area contributed by atoms with Crippen LogP contribution in [0.1, 0.15) is 32.6 Å². The van der Waals surface area contributed by atoms with Crippen molar-refractivity contribution in [2.75, 3.05) is 32.7 Å². The molecule has 0 aliphatic carbocycles. The summed E-state index contributed by atoms with van der Waals surface area (Å²) >= 11 is 0. The maximum atomic E-state index is 12.6. The van der Waals surface area contributed by atoms with E-state index in [0.29, 0.717) is 13.1 Å². The van der Waals surface area contributed by atoms with Gasteiger partial charge in [0.25, 0.3) is 0 Å². The van der Waals surface area contributed by atoms with E-state index in [-0.39, 0.29) is 24.2 Å². The molecule has 2 aliphatic rings. The summed E-state index contributed by atoms with van der Waals surface area (Å²) in [6.45, 7) is 5.61. The van der Waals surface area contributed by atoms with Crippen molar-refractivity contribution in [3.05, 3.63) is 11.6 Å². The molecule has 21 heavy (non-hydrogen) atoms. The Balaban J connectivity index is 1.69. The van der Waals surface area contributed by atoms with Gasteiger partial charge in [0, 0.05) is 31.8 Å². The maximum absolute atomic E-state index is 12.6. The van der Waals surface area contributed by atoms with Crippen molar-refractivity contribution >= 4 is 0 Å². The van der Waals surface area contributed by atoms with Crippen molar-refractivity contribution in [3.8, 4) is 0 Å². The third-order valence-electron chi connectivity index (χ3n) is 4.11. The Bertz CT molecular complexity index is 357. The zero-order valence-corrected chi connectivity index (χ0v) is 12.6. The highest BCUT2D eigenvalue weighted by molar-refractivity contribution is 5.13. The van der Waals surface area contributed by atoms with Gasteiger partial charge in [-0.15, -0.1) is 0 Å². The van der Waals surface area contributed by atoms with Gasteiger partial charge in [-0.2, -0.15) is 13.2 Å². The molecule has 1 N–H and O–H groups in total. The minimum absolute atomic E-state index is 0.0949. The molecule has 0 aromatic carbocycles. The quantitative estimate of drug-likeness (QED) is 0.603. The number of halogens is 3. The molecule has 122 valence electrons. The summed E-state index contributed by atoms with van der Waals surface area (Å²) < 4.78 is 43.6. The third kappa shape index (κ3) is 5.27. The number of ether oxygens (including phenoxy) is 1. The van der Waals surface area contributed by atoms with Crippen LogP contribution in [0, 0.1) is 0 Å². The van der Waals surface area contributed by atoms with Crippen LogP contribution in [-0.2, 0) is 4.74 Å². The number of rotatable bonds is 6. The predicted octanol–water partition coefficient (Wildman–Crippen LogP) is 2.73. The van der Waals surface area contributed by atoms with Crippen LogP contribution in [-0.4, -0.2) is 56.0 Å². The van der Waals surface area contributed by atoms with Crippen molar-refractivity contribution in [1.82, 2.24) is 10.2 Å². The van der Waals surface area contributed by atoms with Gasteiger partial charge in [0.15, 0.2) is 0 Å². The highest BCUT2D eigenvalue weighted by Crippen LogP contribution is 2.30. The maximum Gasteiger partial charge on any atom is 0.412 e. The number of alkyl halides is 3. The van der Waals surface area contributed by atoms with Crippen molar-refractivity contribution < 1.29 is 17.9 Å². The standard InChI is InChI=1S/C15H25F3N2O/c1-2-7-19-10-13-3-4-14(21-13)11-20-8-5-12(6-9-20)15(16,17)18/h5,13-14,19H,2-4,6-11H2,1H3. The molecule has 1 fully saturated rings. The van der Waals surface area contributed by atoms with Gasteiger partial charge >= 0.3 is 6.18 Å². The summed E-state index contributed by atoms with van der Waals surface area (Å²) in [5.74, 6) is 0. The van der Waals surface area contributed by atoms with Gasteiger partial charge in [-0.3, -0.25) is 4.90 Å². The molecule has 2 aliphatic heterocycles. The molecule has 2 unspecified atom stereocenters. The number of hydrogen-bond acceptors (Lipinski definition) is 3. The summed E-state index contributed by atoms with van der Waals surface area (Å²) in [5.41, 5.74) is -0.382. The van der Waals surface area contributed by atoms with Gasteiger partial charge < -0.3 is 10.1 Å². The largest absolute Gasteiger partial charge is 0.412 e. The van der Waals surface area contributed by atoms with Crippen molar-refractivity contribution in [3.63, 3.8) is 0 Å². The fraction of sp³-hybridized carbons (Fsp3) is 0.867. The van der Waals surface area contributed by atoms with Crippen LogP contribution in [0.15, 0.2) is 11.6 Å². The first-order valence-corrected chi connectivity index (χ1v) is 7.83. The van der Waals surface area contributed by atoms with Crippen LogP contribution in [0.2, 0.25) is 0 Å². The smallest absolute Gasteiger partial charge is 0.372 e. The van der Waals surface area contributed by atoms with Crippen LogP contribution in [0.3, 0.4) is 0 Å². The van der Waals surface area contributed by atoms with E-state index in [1.54, 1.807) is 0 Å². The number of hydrogen-bond donors (Lipinski definition) is 1. The van der Waals surface area contributed by atoms with E-state index in [1.165, 1.54) is 6.08 Å². The lowest BCUT2D eigenvalue weighted by Crippen LogP contribution is -2.38. The van der Waals surface area contributed by atoms with E-state index >= 15 is 0 Å². The number of nitrogens with zero attached hydrogens (tertiary/aromatic N) is 1. The zero-order valence-electron chi connectivity index (χ0n) is 12.6. The van der Waals surface area contributed by atoms with Gasteiger partial charge in [-0.1, -0.05) is 13.0 Å². The van der Waals surface area contributed by atoms with Crippen LogP contribution in [0.5, 0.6) is 0 Å². The summed E-state index contributed by atoms with van der Waals surface area (Å²) in [6, 6.07) is 0. The number of nitrogens with one attached hydrogen (secondary N) is 1. The molecule has 2 heterocycles. The Hall–Kier alpha value is -0.590. The average molecular weight is 306 g/mol. The van der Waals surface area contributed by atoms with Gasteiger partial charge in [0.1, 0.15) is 0 Å². The van der Waals surface area contributed by atoms with E-state index in [1.807, 2.05) is 0 Å². The minimum atomic E-state index is -4.16. The molecule has 2 atom stereocenters. The molecular weight excluding hydrogens is 281 g/mol. The van der Waals surface area contributed by atoms with Crippen molar-refractivity contribution in [2.45, 2.75) is 51.0 Å². The molecule has 0 aromatic rings. The molecule has 1 saturated heterocycles. The molecule has 0 radical (unpaired) electrons. The normalized spacial score (nSPS) is 27.9. The van der Waals surface area contributed by atoms with E-state index in [4.69, 9.17) is 4.74 Å². The van der Waals surface area contributed by atoms with E-state index in [2.05, 4.69) is 17.1 Å². The Kier molecular flexibility index (Phi) is 6.08. The first kappa shape index (κ1) is 16.8. The highest BCUT2D eigenvalue weighted by Gasteiger charge is 2.35. The summed E-state index contributed by atoms with van der Waals surface area (Å²) in [4.78, 5) is 2.06. The van der Waals surface area contributed by atoms with Gasteiger partial charge in [-0.25, -0.2) is 0 Å². The molecular formula is C15H25F3N2O. The van der Waals surface area contributed by atoms with Gasteiger partial charge in [-0.05, 0) is 32.2 Å². The van der Waals surface area contributed by atoms with Crippen molar-refractivity contribution in [1.29, 1.82) is 0 Å². The second kappa shape index (κ2) is 7.61. The summed E-state index contributed by atoms with van der Waals surface area (Å²) in [5, 5.41) is 3.35. The molecule has 2 rings (SSSR count). The fourth-order valence-corrected chi connectivity index (χ4v) is 2.93. The van der Waals surface area contributed by atoms with E-state index in [0.717, 1.165) is 38.9 Å². The van der Waals surface area contributed by atoms with Crippen molar-refractivity contribution in [2.24, 2.45) is 0 Å². The van der Waals surface area contributed by atoms with Gasteiger partial charge in [0.05, 0.1) is 12.2 Å². The Labute approximate surface area is 124 Å². The second-order valence-electron chi connectivity index (χ2n) is 5.90. The average Bonchev–Trinajstić information content (AvgIpc) is 2.86. The minimum Gasteiger partial charge on any atom is -0.372 e. The fourth-order valence-electron chi connectivity index (χ4n) is 2.93. The first-order valence-electron chi connectivity index (χ1n) is 7.83. The summed E-state index contributed by atoms with van der Waals surface area (Å²) in [6.07, 6.45) is 0.830. The lowest BCUT2D eigenvalue weighted by atomic mass is 10.1. The van der Waals surface area contributed by atoms with E-state index in [9.17, 15) is 13.2 Å². The Morgan fingerprint density at radius 3 is 2.71 bits per heavy atom. The Morgan fingerprint density at radius 1 is 1.33 bits per heavy atom. The van der Waals surface area contributed by atoms with Gasteiger partial charge in [0.2, 0.25) is 0 Å².